The number of hydrogen-bond acceptors (Lipinski definition) is 3. The summed E-state index contributed by atoms with van der Waals surface area (Å²) in [6.07, 6.45) is 4.30. The van der Waals surface area contributed by atoms with E-state index in [0.717, 1.165) is 31.2 Å². The molecule has 3 heteroatoms. The summed E-state index contributed by atoms with van der Waals surface area (Å²) in [5, 5.41) is 14.7. The predicted molar refractivity (Wildman–Crippen MR) is 95.7 cm³/mol. The van der Waals surface area contributed by atoms with E-state index in [4.69, 9.17) is 4.74 Å². The highest BCUT2D eigenvalue weighted by Crippen LogP contribution is 2.35. The lowest BCUT2D eigenvalue weighted by atomic mass is 9.87. The van der Waals surface area contributed by atoms with Gasteiger partial charge >= 0.3 is 0 Å². The van der Waals surface area contributed by atoms with Crippen LogP contribution in [0.25, 0.3) is 0 Å². The highest BCUT2D eigenvalue weighted by molar-refractivity contribution is 5.41. The first-order valence-electron chi connectivity index (χ1n) is 9.00. The number of hydrogen-bond donors (Lipinski definition) is 2. The van der Waals surface area contributed by atoms with Crippen LogP contribution in [0.15, 0.2) is 12.1 Å². The van der Waals surface area contributed by atoms with Crippen LogP contribution in [0.3, 0.4) is 0 Å². The lowest BCUT2D eigenvalue weighted by Gasteiger charge is -2.46. The summed E-state index contributed by atoms with van der Waals surface area (Å²) in [6, 6.07) is 4.14. The van der Waals surface area contributed by atoms with Crippen molar-refractivity contribution in [1.82, 2.24) is 5.32 Å². The zero-order chi connectivity index (χ0) is 17.3. The molecule has 1 fully saturated rings. The Labute approximate surface area is 141 Å². The Kier molecular flexibility index (Phi) is 5.55. The molecular weight excluding hydrogens is 286 g/mol. The number of nitrogens with one attached hydrogen (secondary N) is 1. The molecule has 2 N–H and O–H groups in total. The number of morpholine rings is 1. The molecule has 1 aromatic carbocycles. The van der Waals surface area contributed by atoms with Gasteiger partial charge in [0.15, 0.2) is 0 Å². The van der Waals surface area contributed by atoms with Crippen molar-refractivity contribution >= 4 is 0 Å². The third-order valence-corrected chi connectivity index (χ3v) is 4.92. The molecule has 0 aliphatic carbocycles. The molecule has 1 aromatic rings. The normalized spacial score (nSPS) is 27.2. The highest BCUT2D eigenvalue weighted by atomic mass is 16.6. The van der Waals surface area contributed by atoms with Crippen LogP contribution in [0, 0.1) is 6.92 Å². The molecule has 0 radical (unpaired) electrons. The minimum atomic E-state index is -1.26. The van der Waals surface area contributed by atoms with Crippen LogP contribution in [0.1, 0.15) is 69.7 Å². The number of aryl methyl sites for hydroxylation is 2. The fourth-order valence-electron chi connectivity index (χ4n) is 3.58. The zero-order valence-electron chi connectivity index (χ0n) is 15.6. The van der Waals surface area contributed by atoms with Gasteiger partial charge in [-0.05, 0) is 57.2 Å². The van der Waals surface area contributed by atoms with Crippen LogP contribution >= 0.6 is 0 Å². The van der Waals surface area contributed by atoms with Crippen molar-refractivity contribution in [2.45, 2.75) is 84.6 Å². The van der Waals surface area contributed by atoms with E-state index in [9.17, 15) is 5.11 Å². The van der Waals surface area contributed by atoms with Gasteiger partial charge < -0.3 is 15.2 Å². The average Bonchev–Trinajstić information content (AvgIpc) is 2.47. The van der Waals surface area contributed by atoms with Gasteiger partial charge in [0, 0.05) is 11.1 Å². The Morgan fingerprint density at radius 2 is 1.70 bits per heavy atom. The highest BCUT2D eigenvalue weighted by Gasteiger charge is 2.45. The van der Waals surface area contributed by atoms with E-state index in [1.807, 2.05) is 6.92 Å². The number of ether oxygens (including phenoxy) is 1. The Morgan fingerprint density at radius 3 is 2.13 bits per heavy atom. The number of aliphatic hydroxyl groups is 1. The summed E-state index contributed by atoms with van der Waals surface area (Å²) >= 11 is 0. The largest absolute Gasteiger partial charge is 0.361 e. The molecule has 2 rings (SSSR count). The van der Waals surface area contributed by atoms with Crippen molar-refractivity contribution in [3.63, 3.8) is 0 Å². The third kappa shape index (κ3) is 3.78. The van der Waals surface area contributed by atoms with Gasteiger partial charge in [-0.2, -0.15) is 0 Å². The lowest BCUT2D eigenvalue weighted by molar-refractivity contribution is -0.263. The van der Waals surface area contributed by atoms with E-state index in [2.05, 4.69) is 52.1 Å². The van der Waals surface area contributed by atoms with Gasteiger partial charge in [0.25, 0.3) is 0 Å². The summed E-state index contributed by atoms with van der Waals surface area (Å²) in [6.45, 7) is 13.3. The van der Waals surface area contributed by atoms with Gasteiger partial charge in [-0.1, -0.05) is 38.8 Å². The van der Waals surface area contributed by atoms with Crippen LogP contribution in [-0.2, 0) is 23.4 Å². The van der Waals surface area contributed by atoms with E-state index in [1.165, 1.54) is 16.7 Å². The van der Waals surface area contributed by atoms with Gasteiger partial charge in [-0.25, -0.2) is 0 Å². The fourth-order valence-corrected chi connectivity index (χ4v) is 3.58. The number of rotatable bonds is 5. The summed E-state index contributed by atoms with van der Waals surface area (Å²) < 4.78 is 5.98. The Morgan fingerprint density at radius 1 is 1.17 bits per heavy atom. The second kappa shape index (κ2) is 6.92. The van der Waals surface area contributed by atoms with Gasteiger partial charge in [0.1, 0.15) is 0 Å². The summed E-state index contributed by atoms with van der Waals surface area (Å²) in [5.74, 6) is -1.26. The second-order valence-corrected chi connectivity index (χ2v) is 7.65. The predicted octanol–water partition coefficient (Wildman–Crippen LogP) is 3.83. The van der Waals surface area contributed by atoms with Gasteiger partial charge in [0.05, 0.1) is 12.6 Å². The lowest BCUT2D eigenvalue weighted by Crippen LogP contribution is -2.63. The molecule has 2 unspecified atom stereocenters. The van der Waals surface area contributed by atoms with Crippen LogP contribution in [0.5, 0.6) is 0 Å². The van der Waals surface area contributed by atoms with E-state index in [0.29, 0.717) is 6.61 Å². The van der Waals surface area contributed by atoms with Crippen LogP contribution < -0.4 is 5.32 Å². The van der Waals surface area contributed by atoms with E-state index < -0.39 is 5.79 Å². The van der Waals surface area contributed by atoms with Crippen molar-refractivity contribution < 1.29 is 9.84 Å². The van der Waals surface area contributed by atoms with E-state index in [1.54, 1.807) is 0 Å². The van der Waals surface area contributed by atoms with Crippen molar-refractivity contribution in [2.75, 3.05) is 6.61 Å². The smallest absolute Gasteiger partial charge is 0.208 e. The van der Waals surface area contributed by atoms with Gasteiger partial charge in [-0.15, -0.1) is 0 Å². The van der Waals surface area contributed by atoms with Crippen molar-refractivity contribution in [1.29, 1.82) is 0 Å². The maximum Gasteiger partial charge on any atom is 0.208 e. The van der Waals surface area contributed by atoms with Crippen molar-refractivity contribution in [3.8, 4) is 0 Å². The fraction of sp³-hybridized carbons (Fsp3) is 0.700. The molecule has 0 aromatic heterocycles. The molecule has 3 nitrogen and oxygen atoms in total. The van der Waals surface area contributed by atoms with Crippen molar-refractivity contribution in [2.24, 2.45) is 0 Å². The molecular formula is C20H33NO2. The number of benzene rings is 1. The monoisotopic (exact) mass is 319 g/mol. The molecule has 0 spiro atoms. The maximum atomic E-state index is 11.2. The topological polar surface area (TPSA) is 41.5 Å². The van der Waals surface area contributed by atoms with Gasteiger partial charge in [0.2, 0.25) is 5.79 Å². The second-order valence-electron chi connectivity index (χ2n) is 7.65. The minimum absolute atomic E-state index is 0.116. The molecule has 0 amide bonds. The first-order valence-corrected chi connectivity index (χ1v) is 9.00. The summed E-state index contributed by atoms with van der Waals surface area (Å²) in [5.41, 5.74) is 4.82. The Hall–Kier alpha value is -0.900. The summed E-state index contributed by atoms with van der Waals surface area (Å²) in [7, 11) is 0. The van der Waals surface area contributed by atoms with Crippen LogP contribution in [0.2, 0.25) is 0 Å². The summed E-state index contributed by atoms with van der Waals surface area (Å²) in [4.78, 5) is 0. The van der Waals surface area contributed by atoms with Gasteiger partial charge in [-0.3, -0.25) is 0 Å². The van der Waals surface area contributed by atoms with Crippen LogP contribution in [-0.4, -0.2) is 23.3 Å². The molecule has 1 heterocycles. The molecule has 0 saturated carbocycles. The SMILES string of the molecule is CCCc1cc(C2(O)OCC(C)(C)NC2C)cc(CCC)c1C. The quantitative estimate of drug-likeness (QED) is 0.866. The molecule has 2 atom stereocenters. The standard InChI is InChI=1S/C20H33NO2/c1-7-9-16-11-18(12-17(10-8-2)14(16)3)20(22)15(4)21-19(5,6)13-23-20/h11-12,15,21-22H,7-10,13H2,1-6H3. The molecule has 23 heavy (non-hydrogen) atoms. The average molecular weight is 319 g/mol. The van der Waals surface area contributed by atoms with E-state index >= 15 is 0 Å². The molecule has 0 bridgehead atoms. The van der Waals surface area contributed by atoms with Crippen LogP contribution in [0.4, 0.5) is 0 Å². The minimum Gasteiger partial charge on any atom is -0.361 e. The molecule has 1 aliphatic heterocycles. The first-order chi connectivity index (χ1) is 10.7. The maximum absolute atomic E-state index is 11.2. The first kappa shape index (κ1) is 18.4. The Bertz CT molecular complexity index is 526. The molecule has 1 aliphatic rings. The zero-order valence-corrected chi connectivity index (χ0v) is 15.6. The Balaban J connectivity index is 2.45. The molecule has 130 valence electrons. The third-order valence-electron chi connectivity index (χ3n) is 4.92. The van der Waals surface area contributed by atoms with E-state index in [-0.39, 0.29) is 11.6 Å². The molecule has 1 saturated heterocycles. The van der Waals surface area contributed by atoms with Crippen molar-refractivity contribution in [3.05, 3.63) is 34.4 Å².